The van der Waals surface area contributed by atoms with Crippen LogP contribution in [0.1, 0.15) is 33.2 Å². The molecule has 5 heteroatoms. The van der Waals surface area contributed by atoms with E-state index in [1.54, 1.807) is 4.90 Å². The van der Waals surface area contributed by atoms with E-state index < -0.39 is 0 Å². The molecule has 0 radical (unpaired) electrons. The van der Waals surface area contributed by atoms with E-state index >= 15 is 0 Å². The summed E-state index contributed by atoms with van der Waals surface area (Å²) < 4.78 is 1.88. The number of nitrogens with one attached hydrogen (secondary N) is 1. The monoisotopic (exact) mass is 236 g/mol. The minimum Gasteiger partial charge on any atom is -0.306 e. The minimum absolute atomic E-state index is 0.0378. The molecular formula is C12H20N4O. The molecule has 1 saturated heterocycles. The van der Waals surface area contributed by atoms with Gasteiger partial charge in [-0.3, -0.25) is 14.4 Å². The lowest BCUT2D eigenvalue weighted by Crippen LogP contribution is -2.38. The second-order valence-corrected chi connectivity index (χ2v) is 4.64. The van der Waals surface area contributed by atoms with E-state index in [1.165, 1.54) is 0 Å². The van der Waals surface area contributed by atoms with Crippen molar-refractivity contribution in [2.45, 2.75) is 39.3 Å². The van der Waals surface area contributed by atoms with Gasteiger partial charge < -0.3 is 5.32 Å². The van der Waals surface area contributed by atoms with Gasteiger partial charge in [-0.1, -0.05) is 6.92 Å². The van der Waals surface area contributed by atoms with Gasteiger partial charge in [-0.05, 0) is 26.8 Å². The predicted molar refractivity (Wildman–Crippen MR) is 67.0 cm³/mol. The summed E-state index contributed by atoms with van der Waals surface area (Å²) in [7, 11) is 0. The average Bonchev–Trinajstić information content (AvgIpc) is 2.87. The summed E-state index contributed by atoms with van der Waals surface area (Å²) in [6.45, 7) is 7.74. The topological polar surface area (TPSA) is 50.2 Å². The predicted octanol–water partition coefficient (Wildman–Crippen LogP) is 1.18. The Labute approximate surface area is 102 Å². The summed E-state index contributed by atoms with van der Waals surface area (Å²) in [5.74, 6) is 0.907. The zero-order chi connectivity index (χ0) is 12.4. The Morgan fingerprint density at radius 1 is 1.59 bits per heavy atom. The van der Waals surface area contributed by atoms with Crippen molar-refractivity contribution in [1.82, 2.24) is 15.1 Å². The van der Waals surface area contributed by atoms with E-state index in [4.69, 9.17) is 0 Å². The number of carbonyl (C=O) groups is 1. The van der Waals surface area contributed by atoms with Gasteiger partial charge in [0.05, 0.1) is 6.04 Å². The highest BCUT2D eigenvalue weighted by Gasteiger charge is 2.32. The maximum absolute atomic E-state index is 12.1. The molecule has 0 bridgehead atoms. The molecule has 0 saturated carbocycles. The van der Waals surface area contributed by atoms with Gasteiger partial charge in [-0.15, -0.1) is 0 Å². The van der Waals surface area contributed by atoms with Gasteiger partial charge in [0.1, 0.15) is 0 Å². The van der Waals surface area contributed by atoms with Gasteiger partial charge >= 0.3 is 0 Å². The molecule has 5 nitrogen and oxygen atoms in total. The molecule has 1 aromatic rings. The number of amides is 1. The first-order valence-electron chi connectivity index (χ1n) is 6.23. The van der Waals surface area contributed by atoms with Crippen molar-refractivity contribution in [3.8, 4) is 0 Å². The van der Waals surface area contributed by atoms with Gasteiger partial charge in [0.15, 0.2) is 5.82 Å². The Bertz CT molecular complexity index is 399. The van der Waals surface area contributed by atoms with Crippen LogP contribution in [0.4, 0.5) is 5.82 Å². The van der Waals surface area contributed by atoms with E-state index in [0.29, 0.717) is 6.04 Å². The number of carbonyl (C=O) groups excluding carboxylic acids is 1. The van der Waals surface area contributed by atoms with Gasteiger partial charge in [0.25, 0.3) is 0 Å². The number of likely N-dealkylation sites (N-methyl/N-ethyl adjacent to an activating group) is 1. The fourth-order valence-electron chi connectivity index (χ4n) is 2.10. The van der Waals surface area contributed by atoms with Crippen LogP contribution in [0.25, 0.3) is 0 Å². The Morgan fingerprint density at radius 2 is 2.35 bits per heavy atom. The van der Waals surface area contributed by atoms with Crippen LogP contribution >= 0.6 is 0 Å². The zero-order valence-corrected chi connectivity index (χ0v) is 10.7. The Morgan fingerprint density at radius 3 is 2.94 bits per heavy atom. The Kier molecular flexibility index (Phi) is 3.47. The molecule has 0 spiro atoms. The van der Waals surface area contributed by atoms with Gasteiger partial charge in [0, 0.05) is 24.8 Å². The second kappa shape index (κ2) is 4.87. The summed E-state index contributed by atoms with van der Waals surface area (Å²) in [5.41, 5.74) is 0. The fourth-order valence-corrected chi connectivity index (χ4v) is 2.10. The standard InChI is InChI=1S/C12H20N4O/c1-4-13-10-5-7-15(12(10)17)11-6-8-16(14-11)9(2)3/h6,8-10,13H,4-5,7H2,1-3H3. The zero-order valence-electron chi connectivity index (χ0n) is 10.7. The number of hydrogen-bond acceptors (Lipinski definition) is 3. The van der Waals surface area contributed by atoms with E-state index in [0.717, 1.165) is 25.3 Å². The summed E-state index contributed by atoms with van der Waals surface area (Å²) >= 11 is 0. The Hall–Kier alpha value is -1.36. The van der Waals surface area contributed by atoms with Gasteiger partial charge in [0.2, 0.25) is 5.91 Å². The van der Waals surface area contributed by atoms with Crippen LogP contribution in [0.5, 0.6) is 0 Å². The highest BCUT2D eigenvalue weighted by atomic mass is 16.2. The quantitative estimate of drug-likeness (QED) is 0.854. The van der Waals surface area contributed by atoms with Crippen molar-refractivity contribution in [2.24, 2.45) is 0 Å². The van der Waals surface area contributed by atoms with E-state index in [1.807, 2.05) is 23.9 Å². The molecule has 1 aliphatic heterocycles. The van der Waals surface area contributed by atoms with Gasteiger partial charge in [-0.2, -0.15) is 5.10 Å². The smallest absolute Gasteiger partial charge is 0.245 e. The number of rotatable bonds is 4. The molecule has 17 heavy (non-hydrogen) atoms. The van der Waals surface area contributed by atoms with E-state index in [2.05, 4.69) is 24.3 Å². The van der Waals surface area contributed by atoms with E-state index in [-0.39, 0.29) is 11.9 Å². The minimum atomic E-state index is -0.0378. The van der Waals surface area contributed by atoms with Crippen LogP contribution in [0, 0.1) is 0 Å². The van der Waals surface area contributed by atoms with Crippen LogP contribution in [0.15, 0.2) is 12.3 Å². The van der Waals surface area contributed by atoms with E-state index in [9.17, 15) is 4.79 Å². The molecular weight excluding hydrogens is 216 g/mol. The lowest BCUT2D eigenvalue weighted by molar-refractivity contribution is -0.118. The van der Waals surface area contributed by atoms with Crippen molar-refractivity contribution < 1.29 is 4.79 Å². The van der Waals surface area contributed by atoms with Crippen LogP contribution in [-0.4, -0.2) is 34.8 Å². The number of nitrogens with zero attached hydrogens (tertiary/aromatic N) is 3. The van der Waals surface area contributed by atoms with Crippen LogP contribution < -0.4 is 10.2 Å². The molecule has 1 amide bonds. The molecule has 1 aliphatic rings. The lowest BCUT2D eigenvalue weighted by atomic mass is 10.2. The van der Waals surface area contributed by atoms with Crippen molar-refractivity contribution >= 4 is 11.7 Å². The number of aromatic nitrogens is 2. The van der Waals surface area contributed by atoms with Crippen molar-refractivity contribution in [1.29, 1.82) is 0 Å². The van der Waals surface area contributed by atoms with Gasteiger partial charge in [-0.25, -0.2) is 0 Å². The van der Waals surface area contributed by atoms with Crippen molar-refractivity contribution in [2.75, 3.05) is 18.0 Å². The molecule has 1 fully saturated rings. The molecule has 1 aromatic heterocycles. The largest absolute Gasteiger partial charge is 0.306 e. The maximum Gasteiger partial charge on any atom is 0.245 e. The summed E-state index contributed by atoms with van der Waals surface area (Å²) in [4.78, 5) is 13.9. The summed E-state index contributed by atoms with van der Waals surface area (Å²) in [6.07, 6.45) is 2.79. The third-order valence-electron chi connectivity index (χ3n) is 3.06. The summed E-state index contributed by atoms with van der Waals surface area (Å²) in [6, 6.07) is 2.20. The highest BCUT2D eigenvalue weighted by molar-refractivity contribution is 5.98. The molecule has 1 unspecified atom stereocenters. The molecule has 2 heterocycles. The Balaban J connectivity index is 2.10. The van der Waals surface area contributed by atoms with Crippen LogP contribution in [0.3, 0.4) is 0 Å². The van der Waals surface area contributed by atoms with Crippen molar-refractivity contribution in [3.63, 3.8) is 0 Å². The molecule has 0 aromatic carbocycles. The molecule has 2 rings (SSSR count). The maximum atomic E-state index is 12.1. The molecule has 0 aliphatic carbocycles. The lowest BCUT2D eigenvalue weighted by Gasteiger charge is -2.14. The number of anilines is 1. The number of hydrogen-bond donors (Lipinski definition) is 1. The third kappa shape index (κ3) is 2.34. The SMILES string of the molecule is CCNC1CCN(c2ccn(C(C)C)n2)C1=O. The van der Waals surface area contributed by atoms with Crippen LogP contribution in [-0.2, 0) is 4.79 Å². The molecule has 1 N–H and O–H groups in total. The fraction of sp³-hybridized carbons (Fsp3) is 0.667. The molecule has 1 atom stereocenters. The first kappa shape index (κ1) is 12.1. The first-order valence-corrected chi connectivity index (χ1v) is 6.23. The average molecular weight is 236 g/mol. The first-order chi connectivity index (χ1) is 8.13. The molecule has 94 valence electrons. The second-order valence-electron chi connectivity index (χ2n) is 4.64. The highest BCUT2D eigenvalue weighted by Crippen LogP contribution is 2.20. The third-order valence-corrected chi connectivity index (χ3v) is 3.06. The summed E-state index contributed by atoms with van der Waals surface area (Å²) in [5, 5.41) is 7.63. The normalized spacial score (nSPS) is 20.6. The van der Waals surface area contributed by atoms with Crippen molar-refractivity contribution in [3.05, 3.63) is 12.3 Å². The van der Waals surface area contributed by atoms with Crippen LogP contribution in [0.2, 0.25) is 0 Å².